The van der Waals surface area contributed by atoms with Gasteiger partial charge in [-0.05, 0) is 182 Å². The molecule has 0 fully saturated rings. The van der Waals surface area contributed by atoms with Gasteiger partial charge in [-0.2, -0.15) is 8.42 Å². The average Bonchev–Trinajstić information content (AvgIpc) is 3.51. The highest BCUT2D eigenvalue weighted by molar-refractivity contribution is 7.94. The molecule has 0 aromatic heterocycles. The standard InChI is InChI=1S/C50H38O20S10/c1-33-3-4-46(31-48(33)70-71)78(63,64)47-29-30-49(50(32-47)80(67,68)69)79(65,66)45-27-25-44(26-28-45)77(61,62)43-23-21-42(22-24-43)76(59,60)41-19-17-40(18-20-41)75(57,58)39-15-13-38(14-16-39)74(55,56)37-11-9-36(10-12-37)73(53,54)35-7-5-34(6-8-35)72(2,51)52/h3-32,71H,1-2H3,(H,67,68,69). The van der Waals surface area contributed by atoms with Crippen molar-refractivity contribution in [2.45, 2.75) is 85.3 Å². The fourth-order valence-electron chi connectivity index (χ4n) is 7.72. The third-order valence-electron chi connectivity index (χ3n) is 12.1. The predicted octanol–water partition coefficient (Wildman–Crippen LogP) is 6.70. The van der Waals surface area contributed by atoms with Crippen LogP contribution in [-0.4, -0.2) is 86.6 Å². The molecule has 0 spiro atoms. The van der Waals surface area contributed by atoms with Crippen LogP contribution in [0.2, 0.25) is 0 Å². The summed E-state index contributed by atoms with van der Waals surface area (Å²) in [6.07, 6.45) is 0.956. The Morgan fingerprint density at radius 3 is 0.750 bits per heavy atom. The average molecular weight is 1280 g/mol. The summed E-state index contributed by atoms with van der Waals surface area (Å²) >= 11 is 3.69. The summed E-state index contributed by atoms with van der Waals surface area (Å²) in [5.41, 5.74) is 0.500. The van der Waals surface area contributed by atoms with E-state index in [0.717, 1.165) is 164 Å². The number of benzene rings is 8. The Hall–Kier alpha value is -6.58. The SMILES string of the molecule is Cc1ccc(S(=O)(=O)c2ccc(S(=O)(=O)c3ccc(S(=O)(=O)c4ccc(S(=O)(=O)c5ccc(S(=O)(=O)c6ccc(S(=O)(=O)c7ccc(S(=O)(=O)c8ccc(S(C)(=O)=O)cc8)cc7)cc6)cc5)cc4)cc3)c(S(=O)(=O)O)c2)cc1OS. The Labute approximate surface area is 467 Å². The molecule has 0 aliphatic carbocycles. The molecule has 20 nitrogen and oxygen atoms in total. The summed E-state index contributed by atoms with van der Waals surface area (Å²) in [5.74, 6) is 0.0497. The highest BCUT2D eigenvalue weighted by atomic mass is 32.2. The summed E-state index contributed by atoms with van der Waals surface area (Å²) in [6.45, 7) is 1.59. The molecule has 0 amide bonds. The first-order valence-corrected chi connectivity index (χ1v) is 36.2. The normalized spacial score (nSPS) is 13.2. The van der Waals surface area contributed by atoms with Gasteiger partial charge in [-0.15, -0.1) is 0 Å². The first-order chi connectivity index (χ1) is 37.0. The molecule has 8 aromatic carbocycles. The van der Waals surface area contributed by atoms with Crippen LogP contribution in [0.25, 0.3) is 0 Å². The quantitative estimate of drug-likeness (QED) is 0.0544. The minimum Gasteiger partial charge on any atom is -0.429 e. The van der Waals surface area contributed by atoms with Crippen molar-refractivity contribution in [1.82, 2.24) is 0 Å². The molecular weight excluding hydrogens is 1240 g/mol. The molecule has 8 rings (SSSR count). The molecule has 0 unspecified atom stereocenters. The van der Waals surface area contributed by atoms with E-state index in [2.05, 4.69) is 12.9 Å². The van der Waals surface area contributed by atoms with Crippen LogP contribution in [0.5, 0.6) is 5.75 Å². The van der Waals surface area contributed by atoms with Gasteiger partial charge in [0.15, 0.2) is 9.84 Å². The lowest BCUT2D eigenvalue weighted by molar-refractivity contribution is 0.479. The van der Waals surface area contributed by atoms with Gasteiger partial charge in [0.05, 0.1) is 73.4 Å². The monoisotopic (exact) mass is 1280 g/mol. The van der Waals surface area contributed by atoms with Gasteiger partial charge in [-0.25, -0.2) is 67.3 Å². The van der Waals surface area contributed by atoms with Crippen LogP contribution in [0.4, 0.5) is 0 Å². The molecule has 8 aromatic rings. The second-order valence-electron chi connectivity index (χ2n) is 17.2. The van der Waals surface area contributed by atoms with E-state index in [-0.39, 0.29) is 40.0 Å². The molecule has 0 aliphatic heterocycles. The van der Waals surface area contributed by atoms with E-state index in [1.807, 2.05) is 0 Å². The van der Waals surface area contributed by atoms with Gasteiger partial charge in [0.1, 0.15) is 10.6 Å². The summed E-state index contributed by atoms with van der Waals surface area (Å²) in [4.78, 5) is -8.01. The summed E-state index contributed by atoms with van der Waals surface area (Å²) in [6, 6.07) is 29.2. The van der Waals surface area contributed by atoms with Gasteiger partial charge in [-0.1, -0.05) is 6.07 Å². The van der Waals surface area contributed by atoms with Crippen LogP contribution in [0.1, 0.15) is 5.56 Å². The van der Waals surface area contributed by atoms with Crippen molar-refractivity contribution >= 4 is 102 Å². The molecule has 80 heavy (non-hydrogen) atoms. The molecule has 0 bridgehead atoms. The van der Waals surface area contributed by atoms with Crippen molar-refractivity contribution < 1.29 is 84.5 Å². The Morgan fingerprint density at radius 2 is 0.500 bits per heavy atom. The van der Waals surface area contributed by atoms with Crippen molar-refractivity contribution in [1.29, 1.82) is 0 Å². The molecule has 0 heterocycles. The molecule has 0 radical (unpaired) electrons. The van der Waals surface area contributed by atoms with Crippen molar-refractivity contribution in [3.63, 3.8) is 0 Å². The molecule has 30 heteroatoms. The van der Waals surface area contributed by atoms with Gasteiger partial charge >= 0.3 is 0 Å². The number of hydrogen-bond acceptors (Lipinski definition) is 20. The number of hydrogen-bond donors (Lipinski definition) is 2. The van der Waals surface area contributed by atoms with Crippen LogP contribution < -0.4 is 4.18 Å². The van der Waals surface area contributed by atoms with Crippen molar-refractivity contribution in [2.24, 2.45) is 0 Å². The largest absolute Gasteiger partial charge is 0.429 e. The van der Waals surface area contributed by atoms with Crippen molar-refractivity contribution in [2.75, 3.05) is 6.26 Å². The van der Waals surface area contributed by atoms with Crippen LogP contribution >= 0.6 is 12.9 Å². The van der Waals surface area contributed by atoms with Gasteiger partial charge < -0.3 is 4.18 Å². The fraction of sp³-hybridized carbons (Fsp3) is 0.0400. The van der Waals surface area contributed by atoms with Crippen LogP contribution in [0.15, 0.2) is 260 Å². The highest BCUT2D eigenvalue weighted by Crippen LogP contribution is 2.35. The number of aryl methyl sites for hydroxylation is 1. The van der Waals surface area contributed by atoms with E-state index in [1.54, 1.807) is 6.92 Å². The molecular formula is C50H38O20S10. The zero-order valence-electron chi connectivity index (χ0n) is 40.6. The molecule has 0 saturated carbocycles. The van der Waals surface area contributed by atoms with E-state index < -0.39 is 133 Å². The van der Waals surface area contributed by atoms with Gasteiger partial charge in [-0.3, -0.25) is 4.55 Å². The van der Waals surface area contributed by atoms with E-state index in [9.17, 15) is 80.3 Å². The predicted molar refractivity (Wildman–Crippen MR) is 287 cm³/mol. The van der Waals surface area contributed by atoms with Crippen LogP contribution in [0.3, 0.4) is 0 Å². The van der Waals surface area contributed by atoms with Crippen molar-refractivity contribution in [3.8, 4) is 5.75 Å². The van der Waals surface area contributed by atoms with Gasteiger partial charge in [0, 0.05) is 25.2 Å². The lowest BCUT2D eigenvalue weighted by Crippen LogP contribution is -2.12. The maximum Gasteiger partial charge on any atom is 0.295 e. The Balaban J connectivity index is 0.959. The minimum absolute atomic E-state index is 0.0497. The molecule has 1 N–H and O–H groups in total. The van der Waals surface area contributed by atoms with Gasteiger partial charge in [0.2, 0.25) is 68.9 Å². The van der Waals surface area contributed by atoms with Crippen molar-refractivity contribution in [3.05, 3.63) is 188 Å². The van der Waals surface area contributed by atoms with E-state index in [1.165, 1.54) is 12.1 Å². The lowest BCUT2D eigenvalue weighted by atomic mass is 10.2. The summed E-state index contributed by atoms with van der Waals surface area (Å²) in [7, 11) is -40.4. The fourth-order valence-corrected chi connectivity index (χ4v) is 18.8. The lowest BCUT2D eigenvalue weighted by Gasteiger charge is -2.13. The first-order valence-electron chi connectivity index (χ1n) is 22.1. The zero-order valence-corrected chi connectivity index (χ0v) is 48.9. The smallest absolute Gasteiger partial charge is 0.295 e. The second-order valence-corrected chi connectivity index (χ2v) is 34.4. The third kappa shape index (κ3) is 11.3. The van der Waals surface area contributed by atoms with E-state index in [4.69, 9.17) is 4.18 Å². The third-order valence-corrected chi connectivity index (χ3v) is 27.0. The van der Waals surface area contributed by atoms with Crippen LogP contribution in [0, 0.1) is 6.92 Å². The maximum atomic E-state index is 13.8. The second kappa shape index (κ2) is 21.1. The Kier molecular flexibility index (Phi) is 15.7. The van der Waals surface area contributed by atoms with Crippen LogP contribution in [-0.2, 0) is 88.8 Å². The minimum atomic E-state index is -5.43. The Morgan fingerprint density at radius 1 is 0.287 bits per heavy atom. The first kappa shape index (κ1) is 59.5. The Bertz CT molecular complexity index is 4880. The topological polar surface area (TPSA) is 337 Å². The molecule has 0 saturated heterocycles. The molecule has 418 valence electrons. The number of thiol groups is 1. The molecule has 0 atom stereocenters. The maximum absolute atomic E-state index is 13.8. The summed E-state index contributed by atoms with van der Waals surface area (Å²) < 4.78 is 253. The van der Waals surface area contributed by atoms with Gasteiger partial charge in [0.25, 0.3) is 10.1 Å². The zero-order chi connectivity index (χ0) is 58.8. The summed E-state index contributed by atoms with van der Waals surface area (Å²) in [5, 5.41) is 0. The number of rotatable bonds is 17. The van der Waals surface area contributed by atoms with E-state index in [0.29, 0.717) is 17.7 Å². The highest BCUT2D eigenvalue weighted by Gasteiger charge is 2.32. The number of sulfone groups is 8. The molecule has 0 aliphatic rings. The van der Waals surface area contributed by atoms with E-state index >= 15 is 0 Å².